The zero-order chi connectivity index (χ0) is 41.1. The van der Waals surface area contributed by atoms with Gasteiger partial charge in [0.05, 0.1) is 41.2 Å². The summed E-state index contributed by atoms with van der Waals surface area (Å²) in [4.78, 5) is 10.6. The molecule has 0 spiro atoms. The molecule has 0 aliphatic heterocycles. The second-order valence-electron chi connectivity index (χ2n) is 16.2. The minimum atomic E-state index is -0.869. The third kappa shape index (κ3) is 6.36. The van der Waals surface area contributed by atoms with Crippen molar-refractivity contribution in [2.75, 3.05) is 0 Å². The normalized spacial score (nSPS) is 13.9. The van der Waals surface area contributed by atoms with Crippen LogP contribution in [0.25, 0.3) is 22.3 Å². The number of nitriles is 1. The van der Waals surface area contributed by atoms with Gasteiger partial charge in [-0.1, -0.05) is 195 Å². The van der Waals surface area contributed by atoms with Gasteiger partial charge in [0.2, 0.25) is 0 Å². The van der Waals surface area contributed by atoms with E-state index in [0.717, 1.165) is 74.1 Å². The van der Waals surface area contributed by atoms with E-state index in [9.17, 15) is 5.26 Å². The van der Waals surface area contributed by atoms with Crippen molar-refractivity contribution in [3.05, 3.63) is 246 Å². The van der Waals surface area contributed by atoms with E-state index < -0.39 is 11.0 Å². The Balaban J connectivity index is 1.39. The van der Waals surface area contributed by atoms with Gasteiger partial charge in [0.1, 0.15) is 17.5 Å². The highest BCUT2D eigenvalue weighted by Gasteiger charge is 2.46. The van der Waals surface area contributed by atoms with Gasteiger partial charge in [-0.2, -0.15) is 10.4 Å². The van der Waals surface area contributed by atoms with Crippen LogP contribution in [0, 0.1) is 17.2 Å². The van der Waals surface area contributed by atoms with Crippen molar-refractivity contribution in [2.24, 2.45) is 5.92 Å². The Morgan fingerprint density at radius 3 is 1.46 bits per heavy atom. The average Bonchev–Trinajstić information content (AvgIpc) is 4.14. The van der Waals surface area contributed by atoms with E-state index in [1.54, 1.807) is 6.33 Å². The van der Waals surface area contributed by atoms with Crippen molar-refractivity contribution in [2.45, 2.75) is 49.1 Å². The van der Waals surface area contributed by atoms with E-state index in [-0.39, 0.29) is 6.04 Å². The van der Waals surface area contributed by atoms with Crippen LogP contribution >= 0.6 is 0 Å². The van der Waals surface area contributed by atoms with Gasteiger partial charge in [0, 0.05) is 23.5 Å². The number of rotatable bonds is 12. The molecule has 10 rings (SSSR count). The summed E-state index contributed by atoms with van der Waals surface area (Å²) in [6.07, 6.45) is 13.2. The fourth-order valence-electron chi connectivity index (χ4n) is 10.4. The van der Waals surface area contributed by atoms with Crippen molar-refractivity contribution >= 4 is 11.0 Å². The molecule has 1 saturated carbocycles. The van der Waals surface area contributed by atoms with Crippen LogP contribution in [-0.4, -0.2) is 24.3 Å². The van der Waals surface area contributed by atoms with Gasteiger partial charge >= 0.3 is 0 Å². The van der Waals surface area contributed by atoms with Gasteiger partial charge in [-0.25, -0.2) is 9.97 Å². The molecule has 3 aromatic heterocycles. The highest BCUT2D eigenvalue weighted by molar-refractivity contribution is 5.97. The zero-order valence-electron chi connectivity index (χ0n) is 34.0. The maximum atomic E-state index is 10.0. The van der Waals surface area contributed by atoms with Crippen LogP contribution in [0.4, 0.5) is 0 Å². The van der Waals surface area contributed by atoms with Gasteiger partial charge in [-0.05, 0) is 52.1 Å². The summed E-state index contributed by atoms with van der Waals surface area (Å²) < 4.78 is 4.45. The Bertz CT molecular complexity index is 2700. The minimum absolute atomic E-state index is 0.00147. The molecule has 6 aromatic carbocycles. The highest BCUT2D eigenvalue weighted by atomic mass is 15.3. The van der Waals surface area contributed by atoms with E-state index in [1.165, 1.54) is 12.8 Å². The van der Waals surface area contributed by atoms with Crippen molar-refractivity contribution in [1.82, 2.24) is 24.3 Å². The molecular formula is C55H46N6. The summed E-state index contributed by atoms with van der Waals surface area (Å²) in [5.41, 5.74) is 8.50. The predicted octanol–water partition coefficient (Wildman–Crippen LogP) is 12.2. The molecule has 6 heteroatoms. The number of aromatic nitrogens is 5. The molecule has 6 nitrogen and oxygen atoms in total. The Kier molecular flexibility index (Phi) is 10.2. The summed E-state index contributed by atoms with van der Waals surface area (Å²) in [5, 5.41) is 16.0. The molecule has 1 unspecified atom stereocenters. The van der Waals surface area contributed by atoms with Crippen molar-refractivity contribution in [3.63, 3.8) is 0 Å². The second-order valence-corrected chi connectivity index (χ2v) is 16.2. The topological polar surface area (TPSA) is 72.3 Å². The monoisotopic (exact) mass is 790 g/mol. The zero-order valence-corrected chi connectivity index (χ0v) is 34.0. The maximum absolute atomic E-state index is 10.0. The lowest BCUT2D eigenvalue weighted by molar-refractivity contribution is 0.315. The Labute approximate surface area is 357 Å². The third-order valence-electron chi connectivity index (χ3n) is 13.0. The molecule has 61 heavy (non-hydrogen) atoms. The van der Waals surface area contributed by atoms with E-state index in [4.69, 9.17) is 15.1 Å². The SMILES string of the molecule is N#CCC(C1CCCC1)n1cc(-c2ncnc3c2c(C(c2ccccc2)(c2ccccc2)c2ccccc2)cn3C(c2ccccc2)(c2ccccc2)c2ccccc2)cn1. The molecule has 0 saturated heterocycles. The fraction of sp³-hybridized carbons (Fsp3) is 0.164. The number of fused-ring (bicyclic) bond motifs is 1. The molecule has 0 radical (unpaired) electrons. The van der Waals surface area contributed by atoms with E-state index in [2.05, 4.69) is 205 Å². The van der Waals surface area contributed by atoms with Gasteiger partial charge in [-0.3, -0.25) is 4.68 Å². The molecular weight excluding hydrogens is 745 g/mol. The summed E-state index contributed by atoms with van der Waals surface area (Å²) in [6, 6.07) is 67.4. The summed E-state index contributed by atoms with van der Waals surface area (Å²) in [6.45, 7) is 0. The smallest absolute Gasteiger partial charge is 0.145 e. The molecule has 296 valence electrons. The third-order valence-corrected chi connectivity index (χ3v) is 13.0. The average molecular weight is 791 g/mol. The molecule has 1 atom stereocenters. The highest BCUT2D eigenvalue weighted by Crippen LogP contribution is 2.52. The first-order valence-corrected chi connectivity index (χ1v) is 21.4. The Morgan fingerprint density at radius 2 is 1.02 bits per heavy atom. The maximum Gasteiger partial charge on any atom is 0.145 e. The first kappa shape index (κ1) is 37.9. The number of hydrogen-bond acceptors (Lipinski definition) is 4. The van der Waals surface area contributed by atoms with Gasteiger partial charge in [0.15, 0.2) is 0 Å². The van der Waals surface area contributed by atoms with Crippen LogP contribution in [0.1, 0.15) is 77.1 Å². The summed E-state index contributed by atoms with van der Waals surface area (Å²) >= 11 is 0. The van der Waals surface area contributed by atoms with Crippen molar-refractivity contribution < 1.29 is 0 Å². The van der Waals surface area contributed by atoms with Crippen LogP contribution in [0.15, 0.2) is 207 Å². The van der Waals surface area contributed by atoms with Crippen molar-refractivity contribution in [1.29, 1.82) is 5.26 Å². The summed E-state index contributed by atoms with van der Waals surface area (Å²) in [5.74, 6) is 0.416. The van der Waals surface area contributed by atoms with Crippen molar-refractivity contribution in [3.8, 4) is 17.3 Å². The molecule has 9 aromatic rings. The molecule has 0 amide bonds. The van der Waals surface area contributed by atoms with Gasteiger partial charge in [-0.15, -0.1) is 0 Å². The quantitative estimate of drug-likeness (QED) is 0.116. The van der Waals surface area contributed by atoms with E-state index in [0.29, 0.717) is 12.3 Å². The standard InChI is InChI=1S/C55H46N6/c56-36-35-50(41-21-19-20-22-41)61-38-42(37-59-61)52-51-49(54(43-23-7-1-8-24-43,44-25-9-2-10-26-44)45-27-11-3-12-28-45)39-60(53(51)58-40-57-52)55(46-29-13-4-14-30-46,47-31-15-5-16-32-47)48-33-17-6-18-34-48/h1-18,23-34,37-41,50H,19-22,35H2. The molecule has 1 fully saturated rings. The molecule has 0 bridgehead atoms. The lowest BCUT2D eigenvalue weighted by Gasteiger charge is -2.39. The van der Waals surface area contributed by atoms with E-state index >= 15 is 0 Å². The lowest BCUT2D eigenvalue weighted by atomic mass is 9.65. The Morgan fingerprint density at radius 1 is 0.574 bits per heavy atom. The Hall–Kier alpha value is -7.36. The first-order chi connectivity index (χ1) is 30.2. The van der Waals surface area contributed by atoms with Gasteiger partial charge in [0.25, 0.3) is 0 Å². The largest absolute Gasteiger partial charge is 0.314 e. The fourth-order valence-corrected chi connectivity index (χ4v) is 10.4. The number of benzene rings is 6. The second kappa shape index (κ2) is 16.4. The molecule has 3 heterocycles. The van der Waals surface area contributed by atoms with Crippen LogP contribution in [0.3, 0.4) is 0 Å². The van der Waals surface area contributed by atoms with Crippen LogP contribution in [0.5, 0.6) is 0 Å². The number of nitrogens with zero attached hydrogens (tertiary/aromatic N) is 6. The first-order valence-electron chi connectivity index (χ1n) is 21.4. The van der Waals surface area contributed by atoms with Crippen LogP contribution in [-0.2, 0) is 11.0 Å². The lowest BCUT2D eigenvalue weighted by Crippen LogP contribution is -2.38. The van der Waals surface area contributed by atoms with Crippen LogP contribution in [0.2, 0.25) is 0 Å². The predicted molar refractivity (Wildman–Crippen MR) is 243 cm³/mol. The molecule has 0 N–H and O–H groups in total. The molecule has 1 aliphatic carbocycles. The minimum Gasteiger partial charge on any atom is -0.314 e. The van der Waals surface area contributed by atoms with E-state index in [1.807, 2.05) is 10.9 Å². The van der Waals surface area contributed by atoms with Crippen LogP contribution < -0.4 is 0 Å². The van der Waals surface area contributed by atoms with Gasteiger partial charge < -0.3 is 4.57 Å². The molecule has 1 aliphatic rings. The summed E-state index contributed by atoms with van der Waals surface area (Å²) in [7, 11) is 0. The number of hydrogen-bond donors (Lipinski definition) is 0.